The predicted octanol–water partition coefficient (Wildman–Crippen LogP) is 6.31. The molecule has 2 aromatic heterocycles. The van der Waals surface area contributed by atoms with Crippen LogP contribution in [-0.4, -0.2) is 56.9 Å². The number of piperidine rings is 1. The summed E-state index contributed by atoms with van der Waals surface area (Å²) < 4.78 is 12.7. The molecule has 2 atom stereocenters. The largest absolute Gasteiger partial charge is 0.457 e. The standard InChI is InChI=1S/C28H36N4O4S/c1-28(2,3)36-27(34)32-14-11-18(12-15-32)23-16-20(10-13-29-23)35-19-8-9-22-25(17-19)37-26(31-22)30-21-6-4-5-7-24(21)33/h8-10,13,16-18,21,24,33H,4-7,11-12,14-15H2,1-3H3,(H,30,31)/t21-,24-/m1/s1. The van der Waals surface area contributed by atoms with Gasteiger partial charge in [-0.3, -0.25) is 4.98 Å². The molecule has 3 aromatic rings. The highest BCUT2D eigenvalue weighted by atomic mass is 32.1. The summed E-state index contributed by atoms with van der Waals surface area (Å²) in [6.07, 6.45) is 6.94. The van der Waals surface area contributed by atoms with Crippen LogP contribution in [-0.2, 0) is 4.74 Å². The lowest BCUT2D eigenvalue weighted by Gasteiger charge is -2.33. The molecule has 0 unspecified atom stereocenters. The Balaban J connectivity index is 1.21. The number of rotatable bonds is 5. The molecule has 2 aliphatic rings. The van der Waals surface area contributed by atoms with Crippen molar-refractivity contribution in [3.8, 4) is 11.5 Å². The van der Waals surface area contributed by atoms with E-state index in [0.717, 1.165) is 71.1 Å². The fourth-order valence-corrected chi connectivity index (χ4v) is 5.96. The third-order valence-electron chi connectivity index (χ3n) is 6.95. The lowest BCUT2D eigenvalue weighted by atomic mass is 9.93. The Labute approximate surface area is 222 Å². The maximum absolute atomic E-state index is 12.4. The quantitative estimate of drug-likeness (QED) is 0.403. The van der Waals surface area contributed by atoms with Gasteiger partial charge >= 0.3 is 6.09 Å². The van der Waals surface area contributed by atoms with Gasteiger partial charge in [0.05, 0.1) is 22.4 Å². The first-order valence-electron chi connectivity index (χ1n) is 13.2. The molecule has 0 bridgehead atoms. The van der Waals surface area contributed by atoms with Crippen LogP contribution in [0.3, 0.4) is 0 Å². The number of aromatic nitrogens is 2. The van der Waals surface area contributed by atoms with Crippen LogP contribution < -0.4 is 10.1 Å². The van der Waals surface area contributed by atoms with Gasteiger partial charge in [0.25, 0.3) is 0 Å². The molecule has 5 rings (SSSR count). The van der Waals surface area contributed by atoms with Crippen molar-refractivity contribution in [3.63, 3.8) is 0 Å². The molecule has 37 heavy (non-hydrogen) atoms. The minimum atomic E-state index is -0.487. The number of pyridine rings is 1. The Bertz CT molecular complexity index is 1230. The van der Waals surface area contributed by atoms with E-state index >= 15 is 0 Å². The van der Waals surface area contributed by atoms with Gasteiger partial charge in [0.15, 0.2) is 5.13 Å². The Kier molecular flexibility index (Phi) is 7.53. The number of ether oxygens (including phenoxy) is 2. The number of amides is 1. The summed E-state index contributed by atoms with van der Waals surface area (Å²) in [6, 6.07) is 9.85. The minimum Gasteiger partial charge on any atom is -0.457 e. The van der Waals surface area contributed by atoms with Crippen molar-refractivity contribution < 1.29 is 19.4 Å². The van der Waals surface area contributed by atoms with Gasteiger partial charge < -0.3 is 24.8 Å². The van der Waals surface area contributed by atoms with E-state index in [-0.39, 0.29) is 24.2 Å². The molecule has 1 saturated carbocycles. The van der Waals surface area contributed by atoms with Crippen LogP contribution in [0.25, 0.3) is 10.2 Å². The molecule has 2 N–H and O–H groups in total. The van der Waals surface area contributed by atoms with Crippen molar-refractivity contribution in [1.29, 1.82) is 0 Å². The van der Waals surface area contributed by atoms with Gasteiger partial charge in [-0.15, -0.1) is 0 Å². The number of nitrogens with zero attached hydrogens (tertiary/aromatic N) is 3. The molecule has 1 aliphatic carbocycles. The van der Waals surface area contributed by atoms with Gasteiger partial charge in [-0.05, 0) is 64.7 Å². The van der Waals surface area contributed by atoms with Crippen LogP contribution in [0.15, 0.2) is 36.5 Å². The second kappa shape index (κ2) is 10.8. The van der Waals surface area contributed by atoms with E-state index in [0.29, 0.717) is 13.1 Å². The number of thiazole rings is 1. The number of nitrogens with one attached hydrogen (secondary N) is 1. The SMILES string of the molecule is CC(C)(C)OC(=O)N1CCC(c2cc(Oc3ccc4nc(N[C@@H]5CCCC[C@H]5O)sc4c3)ccn2)CC1. The zero-order valence-corrected chi connectivity index (χ0v) is 22.6. The number of hydrogen-bond donors (Lipinski definition) is 2. The van der Waals surface area contributed by atoms with E-state index in [1.807, 2.05) is 51.1 Å². The van der Waals surface area contributed by atoms with E-state index < -0.39 is 5.60 Å². The molecule has 0 spiro atoms. The van der Waals surface area contributed by atoms with Crippen LogP contribution in [0.5, 0.6) is 11.5 Å². The second-order valence-electron chi connectivity index (χ2n) is 11.0. The third kappa shape index (κ3) is 6.51. The van der Waals surface area contributed by atoms with Gasteiger partial charge in [0.2, 0.25) is 0 Å². The first-order chi connectivity index (χ1) is 17.7. The smallest absolute Gasteiger partial charge is 0.410 e. The number of anilines is 1. The number of fused-ring (bicyclic) bond motifs is 1. The summed E-state index contributed by atoms with van der Waals surface area (Å²) in [5, 5.41) is 14.5. The number of aliphatic hydroxyl groups is 1. The minimum absolute atomic E-state index is 0.0660. The van der Waals surface area contributed by atoms with E-state index in [1.54, 1.807) is 22.4 Å². The van der Waals surface area contributed by atoms with Gasteiger partial charge in [-0.25, -0.2) is 9.78 Å². The highest BCUT2D eigenvalue weighted by Gasteiger charge is 2.28. The number of aliphatic hydroxyl groups excluding tert-OH is 1. The zero-order valence-electron chi connectivity index (χ0n) is 21.8. The summed E-state index contributed by atoms with van der Waals surface area (Å²) in [5.74, 6) is 1.76. The van der Waals surface area contributed by atoms with E-state index in [9.17, 15) is 9.90 Å². The Morgan fingerprint density at radius 1 is 1.08 bits per heavy atom. The van der Waals surface area contributed by atoms with Crippen molar-refractivity contribution in [2.45, 2.75) is 83.0 Å². The molecular formula is C28H36N4O4S. The fraction of sp³-hybridized carbons (Fsp3) is 0.536. The van der Waals surface area contributed by atoms with E-state index in [1.165, 1.54) is 0 Å². The average Bonchev–Trinajstić information content (AvgIpc) is 3.26. The normalized spacial score (nSPS) is 21.1. The van der Waals surface area contributed by atoms with Gasteiger partial charge in [-0.2, -0.15) is 0 Å². The number of hydrogen-bond acceptors (Lipinski definition) is 8. The van der Waals surface area contributed by atoms with Crippen molar-refractivity contribution in [3.05, 3.63) is 42.2 Å². The average molecular weight is 525 g/mol. The van der Waals surface area contributed by atoms with Crippen LogP contribution in [0, 0.1) is 0 Å². The molecule has 9 heteroatoms. The van der Waals surface area contributed by atoms with Crippen LogP contribution in [0.2, 0.25) is 0 Å². The van der Waals surface area contributed by atoms with Gasteiger partial charge in [0.1, 0.15) is 17.1 Å². The van der Waals surface area contributed by atoms with Crippen molar-refractivity contribution >= 4 is 32.8 Å². The number of carbonyl (C=O) groups is 1. The lowest BCUT2D eigenvalue weighted by molar-refractivity contribution is 0.0204. The number of likely N-dealkylation sites (tertiary alicyclic amines) is 1. The Hall–Kier alpha value is -2.91. The first kappa shape index (κ1) is 25.7. The zero-order chi connectivity index (χ0) is 26.0. The lowest BCUT2D eigenvalue weighted by Crippen LogP contribution is -2.41. The molecule has 2 fully saturated rings. The summed E-state index contributed by atoms with van der Waals surface area (Å²) >= 11 is 1.58. The molecule has 0 radical (unpaired) electrons. The van der Waals surface area contributed by atoms with Crippen LogP contribution >= 0.6 is 11.3 Å². The molecule has 1 aromatic carbocycles. The van der Waals surface area contributed by atoms with E-state index in [4.69, 9.17) is 14.5 Å². The van der Waals surface area contributed by atoms with Crippen molar-refractivity contribution in [2.75, 3.05) is 18.4 Å². The van der Waals surface area contributed by atoms with Gasteiger partial charge in [-0.1, -0.05) is 24.2 Å². The summed E-state index contributed by atoms with van der Waals surface area (Å²) in [4.78, 5) is 23.4. The highest BCUT2D eigenvalue weighted by molar-refractivity contribution is 7.22. The first-order valence-corrected chi connectivity index (χ1v) is 14.0. The summed E-state index contributed by atoms with van der Waals surface area (Å²) in [7, 11) is 0. The van der Waals surface area contributed by atoms with Gasteiger partial charge in [0, 0.05) is 43.0 Å². The molecule has 8 nitrogen and oxygen atoms in total. The molecule has 1 amide bonds. The molecule has 1 aliphatic heterocycles. The third-order valence-corrected chi connectivity index (χ3v) is 7.90. The van der Waals surface area contributed by atoms with Crippen molar-refractivity contribution in [1.82, 2.24) is 14.9 Å². The molecule has 198 valence electrons. The second-order valence-corrected chi connectivity index (χ2v) is 12.0. The topological polar surface area (TPSA) is 96.8 Å². The maximum Gasteiger partial charge on any atom is 0.410 e. The predicted molar refractivity (Wildman–Crippen MR) is 146 cm³/mol. The Morgan fingerprint density at radius 2 is 1.84 bits per heavy atom. The Morgan fingerprint density at radius 3 is 2.59 bits per heavy atom. The number of benzene rings is 1. The highest BCUT2D eigenvalue weighted by Crippen LogP contribution is 2.34. The maximum atomic E-state index is 12.4. The molecule has 3 heterocycles. The van der Waals surface area contributed by atoms with Crippen LogP contribution in [0.1, 0.15) is 70.9 Å². The summed E-state index contributed by atoms with van der Waals surface area (Å²) in [6.45, 7) is 6.97. The van der Waals surface area contributed by atoms with Crippen LogP contribution in [0.4, 0.5) is 9.93 Å². The molecule has 1 saturated heterocycles. The van der Waals surface area contributed by atoms with Crippen molar-refractivity contribution in [2.24, 2.45) is 0 Å². The summed E-state index contributed by atoms with van der Waals surface area (Å²) in [5.41, 5.74) is 1.41. The monoisotopic (exact) mass is 524 g/mol. The fourth-order valence-electron chi connectivity index (χ4n) is 5.00. The molecular weight excluding hydrogens is 488 g/mol. The van der Waals surface area contributed by atoms with E-state index in [2.05, 4.69) is 10.3 Å². The number of carbonyl (C=O) groups excluding carboxylic acids is 1.